The number of carbonyl (C=O) groups is 2. The number of benzene rings is 1. The molecule has 0 atom stereocenters. The van der Waals surface area contributed by atoms with Crippen molar-refractivity contribution in [2.24, 2.45) is 5.73 Å². The lowest BCUT2D eigenvalue weighted by Gasteiger charge is -2.09. The van der Waals surface area contributed by atoms with Crippen molar-refractivity contribution in [2.45, 2.75) is 20.4 Å². The Bertz CT molecular complexity index is 443. The molecule has 0 saturated heterocycles. The fourth-order valence-electron chi connectivity index (χ4n) is 1.48. The molecule has 0 aliphatic heterocycles. The van der Waals surface area contributed by atoms with E-state index in [1.54, 1.807) is 26.0 Å². The third-order valence-corrected chi connectivity index (χ3v) is 2.31. The molecule has 1 aromatic carbocycles. The van der Waals surface area contributed by atoms with Gasteiger partial charge in [0.25, 0.3) is 0 Å². The fourth-order valence-corrected chi connectivity index (χ4v) is 1.48. The Morgan fingerprint density at radius 3 is 2.11 bits per heavy atom. The highest BCUT2D eigenvalue weighted by molar-refractivity contribution is 6.03. The van der Waals surface area contributed by atoms with Gasteiger partial charge in [0, 0.05) is 6.54 Å². The Balaban J connectivity index is 3.15. The number of rotatable bonds is 5. The molecule has 1 rings (SSSR count). The highest BCUT2D eigenvalue weighted by atomic mass is 16.5. The van der Waals surface area contributed by atoms with Crippen LogP contribution < -0.4 is 5.73 Å². The van der Waals surface area contributed by atoms with Gasteiger partial charge in [-0.2, -0.15) is 0 Å². The summed E-state index contributed by atoms with van der Waals surface area (Å²) in [5.41, 5.74) is 6.66. The molecule has 98 valence electrons. The molecule has 0 radical (unpaired) electrons. The second-order valence-electron chi connectivity index (χ2n) is 3.53. The van der Waals surface area contributed by atoms with E-state index in [4.69, 9.17) is 15.2 Å². The van der Waals surface area contributed by atoms with Crippen LogP contribution in [-0.2, 0) is 16.0 Å². The lowest BCUT2D eigenvalue weighted by Crippen LogP contribution is -2.15. The van der Waals surface area contributed by atoms with Crippen LogP contribution in [0.2, 0.25) is 0 Å². The minimum absolute atomic E-state index is 0.193. The zero-order valence-electron chi connectivity index (χ0n) is 10.6. The van der Waals surface area contributed by atoms with E-state index in [9.17, 15) is 9.59 Å². The van der Waals surface area contributed by atoms with E-state index in [0.717, 1.165) is 5.56 Å². The number of carbonyl (C=O) groups excluding carboxylic acids is 2. The highest BCUT2D eigenvalue weighted by Gasteiger charge is 2.19. The summed E-state index contributed by atoms with van der Waals surface area (Å²) in [6.07, 6.45) is 0. The summed E-state index contributed by atoms with van der Waals surface area (Å²) in [6, 6.07) is 4.78. The Hall–Kier alpha value is -1.88. The molecule has 5 nitrogen and oxygen atoms in total. The second kappa shape index (κ2) is 6.76. The molecule has 0 amide bonds. The van der Waals surface area contributed by atoms with Crippen LogP contribution in [0.5, 0.6) is 0 Å². The van der Waals surface area contributed by atoms with Gasteiger partial charge in [-0.1, -0.05) is 6.07 Å². The maximum Gasteiger partial charge on any atom is 0.339 e. The van der Waals surface area contributed by atoms with Gasteiger partial charge in [0.05, 0.1) is 24.3 Å². The quantitative estimate of drug-likeness (QED) is 0.802. The normalized spacial score (nSPS) is 9.94. The first-order valence-corrected chi connectivity index (χ1v) is 5.81. The average molecular weight is 251 g/mol. The molecule has 0 heterocycles. The summed E-state index contributed by atoms with van der Waals surface area (Å²) in [5.74, 6) is -1.08. The zero-order chi connectivity index (χ0) is 13.5. The third-order valence-electron chi connectivity index (χ3n) is 2.31. The van der Waals surface area contributed by atoms with Crippen LogP contribution in [0.3, 0.4) is 0 Å². The summed E-state index contributed by atoms with van der Waals surface area (Å²) in [6.45, 7) is 4.19. The number of esters is 2. The standard InChI is InChI=1S/C13H17NO4/c1-3-17-12(15)10-6-5-9(8-14)7-11(10)13(16)18-4-2/h5-7H,3-4,8,14H2,1-2H3. The molecule has 0 saturated carbocycles. The van der Waals surface area contributed by atoms with Crippen molar-refractivity contribution in [3.63, 3.8) is 0 Å². The predicted molar refractivity (Wildman–Crippen MR) is 66.2 cm³/mol. The molecule has 0 fully saturated rings. The Morgan fingerprint density at radius 1 is 1.06 bits per heavy atom. The lowest BCUT2D eigenvalue weighted by atomic mass is 10.0. The molecule has 0 aliphatic rings. The second-order valence-corrected chi connectivity index (χ2v) is 3.53. The minimum atomic E-state index is -0.546. The van der Waals surface area contributed by atoms with Crippen molar-refractivity contribution < 1.29 is 19.1 Å². The lowest BCUT2D eigenvalue weighted by molar-refractivity contribution is 0.0479. The van der Waals surface area contributed by atoms with Crippen LogP contribution in [0, 0.1) is 0 Å². The van der Waals surface area contributed by atoms with E-state index < -0.39 is 11.9 Å². The first kappa shape index (κ1) is 14.2. The van der Waals surface area contributed by atoms with Crippen molar-refractivity contribution in [1.82, 2.24) is 0 Å². The van der Waals surface area contributed by atoms with Gasteiger partial charge in [-0.3, -0.25) is 0 Å². The van der Waals surface area contributed by atoms with Crippen molar-refractivity contribution in [1.29, 1.82) is 0 Å². The minimum Gasteiger partial charge on any atom is -0.462 e. The van der Waals surface area contributed by atoms with Gasteiger partial charge in [-0.15, -0.1) is 0 Å². The SMILES string of the molecule is CCOC(=O)c1ccc(CN)cc1C(=O)OCC. The number of nitrogens with two attached hydrogens (primary N) is 1. The molecule has 0 aromatic heterocycles. The van der Waals surface area contributed by atoms with Crippen LogP contribution in [0.4, 0.5) is 0 Å². The van der Waals surface area contributed by atoms with Gasteiger partial charge in [0.2, 0.25) is 0 Å². The number of hydrogen-bond donors (Lipinski definition) is 1. The van der Waals surface area contributed by atoms with Gasteiger partial charge in [-0.05, 0) is 31.5 Å². The Morgan fingerprint density at radius 2 is 1.61 bits per heavy atom. The molecule has 1 aromatic rings. The molecular formula is C13H17NO4. The van der Waals surface area contributed by atoms with Crippen LogP contribution >= 0.6 is 0 Å². The maximum atomic E-state index is 11.8. The van der Waals surface area contributed by atoms with Crippen molar-refractivity contribution in [3.8, 4) is 0 Å². The van der Waals surface area contributed by atoms with Gasteiger partial charge in [-0.25, -0.2) is 9.59 Å². The van der Waals surface area contributed by atoms with Crippen LogP contribution in [-0.4, -0.2) is 25.2 Å². The molecule has 0 spiro atoms. The zero-order valence-corrected chi connectivity index (χ0v) is 10.6. The van der Waals surface area contributed by atoms with E-state index in [1.807, 2.05) is 0 Å². The number of ether oxygens (including phenoxy) is 2. The van der Waals surface area contributed by atoms with Crippen molar-refractivity contribution in [3.05, 3.63) is 34.9 Å². The topological polar surface area (TPSA) is 78.6 Å². The molecule has 18 heavy (non-hydrogen) atoms. The van der Waals surface area contributed by atoms with Crippen LogP contribution in [0.1, 0.15) is 40.1 Å². The highest BCUT2D eigenvalue weighted by Crippen LogP contribution is 2.15. The van der Waals surface area contributed by atoms with E-state index in [1.165, 1.54) is 6.07 Å². The monoisotopic (exact) mass is 251 g/mol. The average Bonchev–Trinajstić information content (AvgIpc) is 2.38. The molecule has 5 heteroatoms. The van der Waals surface area contributed by atoms with E-state index in [2.05, 4.69) is 0 Å². The summed E-state index contributed by atoms with van der Waals surface area (Å²) in [7, 11) is 0. The molecule has 0 unspecified atom stereocenters. The smallest absolute Gasteiger partial charge is 0.339 e. The first-order chi connectivity index (χ1) is 8.63. The van der Waals surface area contributed by atoms with Crippen molar-refractivity contribution >= 4 is 11.9 Å². The van der Waals surface area contributed by atoms with Gasteiger partial charge < -0.3 is 15.2 Å². The van der Waals surface area contributed by atoms with E-state index in [-0.39, 0.29) is 30.9 Å². The fraction of sp³-hybridized carbons (Fsp3) is 0.385. The van der Waals surface area contributed by atoms with Gasteiger partial charge in [0.1, 0.15) is 0 Å². The van der Waals surface area contributed by atoms with Crippen molar-refractivity contribution in [2.75, 3.05) is 13.2 Å². The molecule has 2 N–H and O–H groups in total. The van der Waals surface area contributed by atoms with E-state index in [0.29, 0.717) is 0 Å². The largest absolute Gasteiger partial charge is 0.462 e. The Kier molecular flexibility index (Phi) is 5.32. The summed E-state index contributed by atoms with van der Waals surface area (Å²) in [5, 5.41) is 0. The third kappa shape index (κ3) is 3.30. The molecular weight excluding hydrogens is 234 g/mol. The van der Waals surface area contributed by atoms with Crippen LogP contribution in [0.15, 0.2) is 18.2 Å². The van der Waals surface area contributed by atoms with Crippen LogP contribution in [0.25, 0.3) is 0 Å². The van der Waals surface area contributed by atoms with Gasteiger partial charge >= 0.3 is 11.9 Å². The first-order valence-electron chi connectivity index (χ1n) is 5.81. The predicted octanol–water partition coefficient (Wildman–Crippen LogP) is 1.50. The summed E-state index contributed by atoms with van der Waals surface area (Å²) in [4.78, 5) is 23.5. The maximum absolute atomic E-state index is 11.8. The summed E-state index contributed by atoms with van der Waals surface area (Å²) < 4.78 is 9.80. The van der Waals surface area contributed by atoms with E-state index >= 15 is 0 Å². The summed E-state index contributed by atoms with van der Waals surface area (Å²) >= 11 is 0. The molecule has 0 aliphatic carbocycles. The Labute approximate surface area is 106 Å². The number of hydrogen-bond acceptors (Lipinski definition) is 5. The van der Waals surface area contributed by atoms with Gasteiger partial charge in [0.15, 0.2) is 0 Å². The molecule has 0 bridgehead atoms.